The van der Waals surface area contributed by atoms with Gasteiger partial charge in [-0.15, -0.1) is 0 Å². The van der Waals surface area contributed by atoms with E-state index in [-0.39, 0.29) is 5.91 Å². The Bertz CT molecular complexity index is 584. The third-order valence-corrected chi connectivity index (χ3v) is 4.81. The van der Waals surface area contributed by atoms with Gasteiger partial charge >= 0.3 is 0 Å². The van der Waals surface area contributed by atoms with E-state index in [4.69, 9.17) is 0 Å². The predicted molar refractivity (Wildman–Crippen MR) is 108 cm³/mol. The first-order chi connectivity index (χ1) is 12.7. The zero-order valence-corrected chi connectivity index (χ0v) is 16.3. The first-order valence-electron chi connectivity index (χ1n) is 9.73. The largest absolute Gasteiger partial charge is 0.355 e. The highest BCUT2D eigenvalue weighted by molar-refractivity contribution is 5.90. The summed E-state index contributed by atoms with van der Waals surface area (Å²) in [4.78, 5) is 18.5. The molecule has 1 aliphatic heterocycles. The average Bonchev–Trinajstić information content (AvgIpc) is 3.11. The minimum Gasteiger partial charge on any atom is -0.355 e. The molecule has 6 nitrogen and oxygen atoms in total. The van der Waals surface area contributed by atoms with Gasteiger partial charge in [0.25, 0.3) is 0 Å². The van der Waals surface area contributed by atoms with Crippen LogP contribution in [0.1, 0.15) is 45.1 Å². The fraction of sp³-hybridized carbons (Fsp3) is 0.600. The van der Waals surface area contributed by atoms with E-state index in [1.807, 2.05) is 31.2 Å². The third kappa shape index (κ3) is 6.33. The van der Waals surface area contributed by atoms with Gasteiger partial charge in [0, 0.05) is 38.3 Å². The number of amides is 1. The van der Waals surface area contributed by atoms with Gasteiger partial charge in [0.1, 0.15) is 0 Å². The van der Waals surface area contributed by atoms with Crippen LogP contribution in [0.5, 0.6) is 0 Å². The Morgan fingerprint density at radius 2 is 2.00 bits per heavy atom. The molecule has 1 aromatic rings. The van der Waals surface area contributed by atoms with Gasteiger partial charge in [-0.3, -0.25) is 14.7 Å². The smallest absolute Gasteiger partial charge is 0.224 e. The first kappa shape index (κ1) is 20.2. The Balaban J connectivity index is 1.76. The zero-order chi connectivity index (χ0) is 18.8. The van der Waals surface area contributed by atoms with Crippen molar-refractivity contribution < 1.29 is 4.79 Å². The molecule has 0 radical (unpaired) electrons. The van der Waals surface area contributed by atoms with Gasteiger partial charge in [-0.05, 0) is 50.0 Å². The van der Waals surface area contributed by atoms with Crippen molar-refractivity contribution in [2.24, 2.45) is 4.99 Å². The molecule has 1 heterocycles. The number of rotatable bonds is 8. The van der Waals surface area contributed by atoms with Crippen LogP contribution < -0.4 is 16.0 Å². The number of likely N-dealkylation sites (tertiary alicyclic amines) is 1. The molecule has 1 unspecified atom stereocenters. The number of nitrogens with one attached hydrogen (secondary N) is 3. The van der Waals surface area contributed by atoms with Crippen molar-refractivity contribution in [3.63, 3.8) is 0 Å². The molecule has 3 N–H and O–H groups in total. The number of aliphatic imine (C=N–C) groups is 1. The van der Waals surface area contributed by atoms with E-state index in [0.29, 0.717) is 19.0 Å². The Hall–Kier alpha value is -2.08. The molecule has 1 saturated heterocycles. The second-order valence-corrected chi connectivity index (χ2v) is 6.73. The molecule has 1 amide bonds. The van der Waals surface area contributed by atoms with Crippen LogP contribution >= 0.6 is 0 Å². The summed E-state index contributed by atoms with van der Waals surface area (Å²) in [5.41, 5.74) is 1.99. The molecule has 0 aliphatic carbocycles. The van der Waals surface area contributed by atoms with E-state index in [9.17, 15) is 4.79 Å². The number of carbonyl (C=O) groups excluding carboxylic acids is 1. The molecule has 1 atom stereocenters. The predicted octanol–water partition coefficient (Wildman–Crippen LogP) is 2.57. The van der Waals surface area contributed by atoms with E-state index in [1.165, 1.54) is 19.4 Å². The molecule has 0 aromatic heterocycles. The molecule has 1 aromatic carbocycles. The summed E-state index contributed by atoms with van der Waals surface area (Å²) in [5, 5.41) is 9.70. The van der Waals surface area contributed by atoms with Crippen LogP contribution in [0.25, 0.3) is 0 Å². The number of guanidine groups is 1. The van der Waals surface area contributed by atoms with Crippen molar-refractivity contribution in [2.45, 2.75) is 52.1 Å². The summed E-state index contributed by atoms with van der Waals surface area (Å²) in [6.07, 6.45) is 3.95. The van der Waals surface area contributed by atoms with Gasteiger partial charge in [0.15, 0.2) is 5.96 Å². The monoisotopic (exact) mass is 359 g/mol. The fourth-order valence-corrected chi connectivity index (χ4v) is 3.32. The van der Waals surface area contributed by atoms with Crippen LogP contribution in [0.4, 0.5) is 5.69 Å². The van der Waals surface area contributed by atoms with Crippen LogP contribution in [0.3, 0.4) is 0 Å². The first-order valence-corrected chi connectivity index (χ1v) is 9.73. The Labute approximate surface area is 157 Å². The van der Waals surface area contributed by atoms with Gasteiger partial charge in [0.05, 0.1) is 0 Å². The topological polar surface area (TPSA) is 68.8 Å². The zero-order valence-electron chi connectivity index (χ0n) is 16.3. The second kappa shape index (κ2) is 10.8. The maximum atomic E-state index is 11.6. The lowest BCUT2D eigenvalue weighted by molar-refractivity contribution is -0.116. The highest BCUT2D eigenvalue weighted by Gasteiger charge is 2.22. The summed E-state index contributed by atoms with van der Waals surface area (Å²) < 4.78 is 0. The minimum absolute atomic E-state index is 0.0658. The lowest BCUT2D eigenvalue weighted by Crippen LogP contribution is -2.44. The average molecular weight is 360 g/mol. The van der Waals surface area contributed by atoms with Crippen molar-refractivity contribution >= 4 is 17.6 Å². The summed E-state index contributed by atoms with van der Waals surface area (Å²) in [5.74, 6) is 0.893. The lowest BCUT2D eigenvalue weighted by Gasteiger charge is -2.24. The maximum absolute atomic E-state index is 11.6. The van der Waals surface area contributed by atoms with Gasteiger partial charge < -0.3 is 16.0 Å². The third-order valence-electron chi connectivity index (χ3n) is 4.81. The maximum Gasteiger partial charge on any atom is 0.224 e. The van der Waals surface area contributed by atoms with Crippen molar-refractivity contribution in [3.05, 3.63) is 29.8 Å². The molecular formula is C20H33N5O. The Morgan fingerprint density at radius 1 is 1.23 bits per heavy atom. The molecule has 1 fully saturated rings. The fourth-order valence-electron chi connectivity index (χ4n) is 3.32. The number of carbonyl (C=O) groups is 1. The minimum atomic E-state index is 0.0658. The Kier molecular flexibility index (Phi) is 8.41. The van der Waals surface area contributed by atoms with Crippen molar-refractivity contribution in [1.29, 1.82) is 0 Å². The molecule has 0 saturated carbocycles. The van der Waals surface area contributed by atoms with E-state index in [0.717, 1.165) is 36.7 Å². The summed E-state index contributed by atoms with van der Waals surface area (Å²) in [6, 6.07) is 8.54. The van der Waals surface area contributed by atoms with Gasteiger partial charge in [-0.1, -0.05) is 26.0 Å². The van der Waals surface area contributed by atoms with Crippen molar-refractivity contribution in [2.75, 3.05) is 32.0 Å². The number of anilines is 1. The van der Waals surface area contributed by atoms with Crippen LogP contribution in [-0.4, -0.2) is 49.5 Å². The van der Waals surface area contributed by atoms with Gasteiger partial charge in [-0.2, -0.15) is 0 Å². The quantitative estimate of drug-likeness (QED) is 0.493. The second-order valence-electron chi connectivity index (χ2n) is 6.73. The number of nitrogens with zero attached hydrogens (tertiary/aromatic N) is 2. The van der Waals surface area contributed by atoms with Crippen LogP contribution in [-0.2, 0) is 11.3 Å². The highest BCUT2D eigenvalue weighted by Crippen LogP contribution is 2.15. The molecule has 6 heteroatoms. The van der Waals surface area contributed by atoms with E-state index < -0.39 is 0 Å². The van der Waals surface area contributed by atoms with E-state index in [2.05, 4.69) is 32.8 Å². The lowest BCUT2D eigenvalue weighted by atomic mass is 10.2. The summed E-state index contributed by atoms with van der Waals surface area (Å²) in [6.45, 7) is 8.16. The Morgan fingerprint density at radius 3 is 2.65 bits per heavy atom. The molecule has 144 valence electrons. The molecule has 1 aliphatic rings. The van der Waals surface area contributed by atoms with E-state index >= 15 is 0 Å². The van der Waals surface area contributed by atoms with E-state index in [1.54, 1.807) is 7.05 Å². The van der Waals surface area contributed by atoms with Crippen molar-refractivity contribution in [3.8, 4) is 0 Å². The molecule has 26 heavy (non-hydrogen) atoms. The number of hydrogen-bond acceptors (Lipinski definition) is 3. The molecular weight excluding hydrogens is 326 g/mol. The van der Waals surface area contributed by atoms with Gasteiger partial charge in [0.2, 0.25) is 5.91 Å². The van der Waals surface area contributed by atoms with Crippen molar-refractivity contribution in [1.82, 2.24) is 15.5 Å². The molecule has 0 spiro atoms. The SMILES string of the molecule is CCCC(=O)Nc1ccc(CNC(=NC)NCC2CCCN2CC)cc1. The number of likely N-dealkylation sites (N-methyl/N-ethyl adjacent to an activating group) is 1. The summed E-state index contributed by atoms with van der Waals surface area (Å²) >= 11 is 0. The molecule has 2 rings (SSSR count). The van der Waals surface area contributed by atoms with Crippen LogP contribution in [0.2, 0.25) is 0 Å². The van der Waals surface area contributed by atoms with Gasteiger partial charge in [-0.25, -0.2) is 0 Å². The van der Waals surface area contributed by atoms with Crippen LogP contribution in [0.15, 0.2) is 29.3 Å². The number of benzene rings is 1. The normalized spacial score (nSPS) is 18.0. The van der Waals surface area contributed by atoms with Crippen LogP contribution in [0, 0.1) is 0 Å². The molecule has 0 bridgehead atoms. The number of hydrogen-bond donors (Lipinski definition) is 3. The highest BCUT2D eigenvalue weighted by atomic mass is 16.1. The summed E-state index contributed by atoms with van der Waals surface area (Å²) in [7, 11) is 1.80. The standard InChI is InChI=1S/C20H33N5O/c1-4-7-19(26)24-17-11-9-16(10-12-17)14-22-20(21-3)23-15-18-8-6-13-25(18)5-2/h9-12,18H,4-8,13-15H2,1-3H3,(H,24,26)(H2,21,22,23).